The Morgan fingerprint density at radius 2 is 1.79 bits per heavy atom. The highest BCUT2D eigenvalue weighted by atomic mass is 35.5. The van der Waals surface area contributed by atoms with Crippen molar-refractivity contribution in [2.45, 2.75) is 49.6 Å². The predicted octanol–water partition coefficient (Wildman–Crippen LogP) is 3.69. The van der Waals surface area contributed by atoms with E-state index in [1.54, 1.807) is 0 Å². The Bertz CT molecular complexity index is 383. The van der Waals surface area contributed by atoms with E-state index in [2.05, 4.69) is 4.90 Å². The van der Waals surface area contributed by atoms with Crippen molar-refractivity contribution in [3.63, 3.8) is 0 Å². The molecule has 2 aliphatic heterocycles. The summed E-state index contributed by atoms with van der Waals surface area (Å²) < 4.78 is 5.76. The van der Waals surface area contributed by atoms with E-state index in [0.717, 1.165) is 37.4 Å². The van der Waals surface area contributed by atoms with E-state index in [-0.39, 0.29) is 0 Å². The molecule has 0 saturated carbocycles. The zero-order valence-electron chi connectivity index (χ0n) is 11.3. The summed E-state index contributed by atoms with van der Waals surface area (Å²) in [7, 11) is 0. The molecule has 2 aliphatic rings. The Morgan fingerprint density at radius 1 is 1.11 bits per heavy atom. The third kappa shape index (κ3) is 3.24. The van der Waals surface area contributed by atoms with Crippen molar-refractivity contribution in [1.82, 2.24) is 4.90 Å². The van der Waals surface area contributed by atoms with Crippen molar-refractivity contribution in [2.24, 2.45) is 0 Å². The van der Waals surface area contributed by atoms with Crippen molar-refractivity contribution in [2.75, 3.05) is 13.2 Å². The number of alkyl halides is 1. The van der Waals surface area contributed by atoms with Gasteiger partial charge < -0.3 is 4.74 Å². The number of nitrogens with zero attached hydrogens (tertiary/aromatic N) is 1. The maximum atomic E-state index is 6.30. The van der Waals surface area contributed by atoms with Crippen molar-refractivity contribution in [3.05, 3.63) is 30.3 Å². The molecule has 0 aliphatic carbocycles. The molecular weight excluding hydrogens is 258 g/mol. The third-order valence-corrected chi connectivity index (χ3v) is 4.76. The second-order valence-electron chi connectivity index (χ2n) is 5.71. The van der Waals surface area contributed by atoms with Crippen molar-refractivity contribution in [1.29, 1.82) is 0 Å². The lowest BCUT2D eigenvalue weighted by molar-refractivity contribution is 0.132. The van der Waals surface area contributed by atoms with E-state index < -0.39 is 0 Å². The van der Waals surface area contributed by atoms with Crippen molar-refractivity contribution < 1.29 is 4.74 Å². The molecular formula is C16H22ClNO. The van der Waals surface area contributed by atoms with Gasteiger partial charge in [-0.1, -0.05) is 18.2 Å². The number of hydrogen-bond acceptors (Lipinski definition) is 2. The summed E-state index contributed by atoms with van der Waals surface area (Å²) in [6, 6.07) is 11.5. The minimum absolute atomic E-state index is 0.411. The SMILES string of the molecule is ClC1CC2CCC(C1)N2CCCOc1ccccc1. The predicted molar refractivity (Wildman–Crippen MR) is 78.9 cm³/mol. The van der Waals surface area contributed by atoms with Crippen LogP contribution in [-0.2, 0) is 0 Å². The minimum Gasteiger partial charge on any atom is -0.494 e. The van der Waals surface area contributed by atoms with E-state index in [1.807, 2.05) is 30.3 Å². The van der Waals surface area contributed by atoms with Crippen molar-refractivity contribution >= 4 is 11.6 Å². The van der Waals surface area contributed by atoms with Gasteiger partial charge in [0.1, 0.15) is 5.75 Å². The maximum absolute atomic E-state index is 6.30. The van der Waals surface area contributed by atoms with Gasteiger partial charge >= 0.3 is 0 Å². The summed E-state index contributed by atoms with van der Waals surface area (Å²) in [6.45, 7) is 1.97. The summed E-state index contributed by atoms with van der Waals surface area (Å²) in [5, 5.41) is 0.411. The lowest BCUT2D eigenvalue weighted by Gasteiger charge is -2.36. The second kappa shape index (κ2) is 6.15. The number of piperidine rings is 1. The first kappa shape index (κ1) is 13.3. The topological polar surface area (TPSA) is 12.5 Å². The first-order chi connectivity index (χ1) is 9.33. The summed E-state index contributed by atoms with van der Waals surface area (Å²) in [6.07, 6.45) is 6.14. The average Bonchev–Trinajstić information content (AvgIpc) is 2.67. The molecule has 19 heavy (non-hydrogen) atoms. The molecule has 0 spiro atoms. The normalized spacial score (nSPS) is 30.5. The van der Waals surface area contributed by atoms with Gasteiger partial charge in [0.2, 0.25) is 0 Å². The van der Waals surface area contributed by atoms with E-state index in [4.69, 9.17) is 16.3 Å². The van der Waals surface area contributed by atoms with E-state index in [9.17, 15) is 0 Å². The van der Waals surface area contributed by atoms with Gasteiger partial charge in [-0.2, -0.15) is 0 Å². The van der Waals surface area contributed by atoms with Crippen molar-refractivity contribution in [3.8, 4) is 5.75 Å². The molecule has 2 heterocycles. The molecule has 2 bridgehead atoms. The maximum Gasteiger partial charge on any atom is 0.119 e. The number of hydrogen-bond donors (Lipinski definition) is 0. The largest absolute Gasteiger partial charge is 0.494 e. The molecule has 2 unspecified atom stereocenters. The van der Waals surface area contributed by atoms with Crippen LogP contribution in [0.3, 0.4) is 0 Å². The Morgan fingerprint density at radius 3 is 2.47 bits per heavy atom. The van der Waals surface area contributed by atoms with Crippen LogP contribution in [0.4, 0.5) is 0 Å². The van der Waals surface area contributed by atoms with Gasteiger partial charge in [0, 0.05) is 24.0 Å². The van der Waals surface area contributed by atoms with E-state index in [1.165, 1.54) is 25.7 Å². The Labute approximate surface area is 120 Å². The Hall–Kier alpha value is -0.730. The van der Waals surface area contributed by atoms with Gasteiger partial charge in [-0.25, -0.2) is 0 Å². The quantitative estimate of drug-likeness (QED) is 0.602. The fraction of sp³-hybridized carbons (Fsp3) is 0.625. The zero-order valence-corrected chi connectivity index (χ0v) is 12.1. The molecule has 0 radical (unpaired) electrons. The van der Waals surface area contributed by atoms with Gasteiger partial charge in [0.05, 0.1) is 6.61 Å². The highest BCUT2D eigenvalue weighted by Crippen LogP contribution is 2.37. The molecule has 1 aromatic rings. The van der Waals surface area contributed by atoms with Crippen LogP contribution >= 0.6 is 11.6 Å². The van der Waals surface area contributed by atoms with Gasteiger partial charge in [0.25, 0.3) is 0 Å². The molecule has 0 aromatic heterocycles. The lowest BCUT2D eigenvalue weighted by atomic mass is 10.0. The molecule has 2 fully saturated rings. The molecule has 3 heteroatoms. The number of fused-ring (bicyclic) bond motifs is 2. The van der Waals surface area contributed by atoms with E-state index >= 15 is 0 Å². The Balaban J connectivity index is 1.41. The van der Waals surface area contributed by atoms with Gasteiger partial charge in [-0.3, -0.25) is 4.90 Å². The fourth-order valence-corrected chi connectivity index (χ4v) is 3.94. The zero-order chi connectivity index (χ0) is 13.1. The van der Waals surface area contributed by atoms with Crippen LogP contribution in [0.1, 0.15) is 32.1 Å². The number of para-hydroxylation sites is 1. The molecule has 2 nitrogen and oxygen atoms in total. The summed E-state index contributed by atoms with van der Waals surface area (Å²) in [5.74, 6) is 0.977. The average molecular weight is 280 g/mol. The molecule has 2 saturated heterocycles. The van der Waals surface area contributed by atoms with Crippen LogP contribution in [-0.4, -0.2) is 35.5 Å². The number of benzene rings is 1. The standard InChI is InChI=1S/C16H22ClNO/c17-13-11-14-7-8-15(12-13)18(14)9-4-10-19-16-5-2-1-3-6-16/h1-3,5-6,13-15H,4,7-12H2. The number of ether oxygens (including phenoxy) is 1. The smallest absolute Gasteiger partial charge is 0.119 e. The molecule has 104 valence electrons. The highest BCUT2D eigenvalue weighted by molar-refractivity contribution is 6.20. The fourth-order valence-electron chi connectivity index (χ4n) is 3.53. The molecule has 2 atom stereocenters. The third-order valence-electron chi connectivity index (χ3n) is 4.40. The molecule has 1 aromatic carbocycles. The van der Waals surface area contributed by atoms with Crippen LogP contribution in [0.15, 0.2) is 30.3 Å². The van der Waals surface area contributed by atoms with Crippen LogP contribution < -0.4 is 4.74 Å². The van der Waals surface area contributed by atoms with E-state index in [0.29, 0.717) is 5.38 Å². The number of rotatable bonds is 5. The minimum atomic E-state index is 0.411. The molecule has 0 N–H and O–H groups in total. The van der Waals surface area contributed by atoms with Crippen LogP contribution in [0.5, 0.6) is 5.75 Å². The van der Waals surface area contributed by atoms with Gasteiger partial charge in [-0.05, 0) is 44.2 Å². The van der Waals surface area contributed by atoms with Crippen LogP contribution in [0, 0.1) is 0 Å². The first-order valence-corrected chi connectivity index (χ1v) is 7.84. The van der Waals surface area contributed by atoms with Crippen LogP contribution in [0.25, 0.3) is 0 Å². The highest BCUT2D eigenvalue weighted by Gasteiger charge is 2.39. The lowest BCUT2D eigenvalue weighted by Crippen LogP contribution is -2.44. The molecule has 0 amide bonds. The van der Waals surface area contributed by atoms with Gasteiger partial charge in [-0.15, -0.1) is 11.6 Å². The summed E-state index contributed by atoms with van der Waals surface area (Å²) >= 11 is 6.30. The second-order valence-corrected chi connectivity index (χ2v) is 6.32. The van der Waals surface area contributed by atoms with Crippen LogP contribution in [0.2, 0.25) is 0 Å². The monoisotopic (exact) mass is 279 g/mol. The first-order valence-electron chi connectivity index (χ1n) is 7.40. The summed E-state index contributed by atoms with van der Waals surface area (Å²) in [4.78, 5) is 2.67. The Kier molecular flexibility index (Phi) is 4.29. The number of halogens is 1. The van der Waals surface area contributed by atoms with Gasteiger partial charge in [0.15, 0.2) is 0 Å². The summed E-state index contributed by atoms with van der Waals surface area (Å²) in [5.41, 5.74) is 0. The molecule has 3 rings (SSSR count).